The molecule has 0 spiro atoms. The van der Waals surface area contributed by atoms with Crippen molar-refractivity contribution in [3.63, 3.8) is 0 Å². The molecule has 0 aliphatic heterocycles. The van der Waals surface area contributed by atoms with Crippen LogP contribution in [0.25, 0.3) is 0 Å². The highest BCUT2D eigenvalue weighted by Gasteiger charge is 2.32. The van der Waals surface area contributed by atoms with Crippen LogP contribution in [-0.4, -0.2) is 13.2 Å². The van der Waals surface area contributed by atoms with Crippen LogP contribution in [0.15, 0.2) is 17.0 Å². The van der Waals surface area contributed by atoms with Crippen LogP contribution in [0.1, 0.15) is 33.6 Å². The topological polar surface area (TPSA) is 34.1 Å². The molecule has 2 nitrogen and oxygen atoms in total. The maximum Gasteiger partial charge on any atom is 0.233 e. The second kappa shape index (κ2) is 6.44. The first-order valence-electron chi connectivity index (χ1n) is 5.75. The molecule has 1 rings (SSSR count). The van der Waals surface area contributed by atoms with E-state index in [1.165, 1.54) is 12.1 Å². The zero-order valence-corrected chi connectivity index (χ0v) is 14.7. The van der Waals surface area contributed by atoms with E-state index in [1.54, 1.807) is 0 Å². The summed E-state index contributed by atoms with van der Waals surface area (Å²) in [5.41, 5.74) is 0. The smallest absolute Gasteiger partial charge is 0.212 e. The third-order valence-electron chi connectivity index (χ3n) is 3.02. The Balaban J connectivity index is 3.29. The van der Waals surface area contributed by atoms with Gasteiger partial charge in [-0.25, -0.2) is 8.42 Å². The largest absolute Gasteiger partial charge is 0.233 e. The molecule has 0 amide bonds. The molecular formula is C12H15Cl3O2S2. The van der Waals surface area contributed by atoms with Gasteiger partial charge in [0.1, 0.15) is 4.90 Å². The van der Waals surface area contributed by atoms with Gasteiger partial charge in [-0.2, -0.15) is 0 Å². The maximum atomic E-state index is 12.5. The molecule has 108 valence electrons. The van der Waals surface area contributed by atoms with Gasteiger partial charge in [-0.3, -0.25) is 0 Å². The quantitative estimate of drug-likeness (QED) is 0.636. The fourth-order valence-corrected chi connectivity index (χ4v) is 7.67. The molecule has 0 atom stereocenters. The summed E-state index contributed by atoms with van der Waals surface area (Å²) in [7, 11) is -2.73. The Hall–Kier alpha value is 0.390. The lowest BCUT2D eigenvalue weighted by atomic mass is 10.1. The minimum atomic E-state index is -3.63. The van der Waals surface area contributed by atoms with Crippen molar-refractivity contribution in [3.8, 4) is 0 Å². The van der Waals surface area contributed by atoms with Gasteiger partial charge >= 0.3 is 0 Å². The number of hydrogen-bond donors (Lipinski definition) is 0. The van der Waals surface area contributed by atoms with Crippen molar-refractivity contribution in [1.29, 1.82) is 0 Å². The molecule has 0 heterocycles. The summed E-state index contributed by atoms with van der Waals surface area (Å²) >= 11 is 17.7. The fraction of sp³-hybridized carbons (Fsp3) is 0.500. The number of halogens is 3. The van der Waals surface area contributed by atoms with Gasteiger partial charge in [0, 0.05) is 9.77 Å². The summed E-state index contributed by atoms with van der Waals surface area (Å²) in [6.45, 7) is 5.82. The highest BCUT2D eigenvalue weighted by atomic mass is 35.5. The van der Waals surface area contributed by atoms with E-state index in [2.05, 4.69) is 0 Å². The lowest BCUT2D eigenvalue weighted by molar-refractivity contribution is 0.593. The molecule has 7 heteroatoms. The molecular weight excluding hydrogens is 347 g/mol. The van der Waals surface area contributed by atoms with Crippen molar-refractivity contribution in [1.82, 2.24) is 0 Å². The van der Waals surface area contributed by atoms with Gasteiger partial charge in [0.15, 0.2) is 0 Å². The summed E-state index contributed by atoms with van der Waals surface area (Å²) in [5.74, 6) is 0. The first kappa shape index (κ1) is 17.4. The van der Waals surface area contributed by atoms with Crippen molar-refractivity contribution in [2.45, 2.75) is 43.3 Å². The van der Waals surface area contributed by atoms with Crippen molar-refractivity contribution in [2.75, 3.05) is 0 Å². The van der Waals surface area contributed by atoms with E-state index in [0.717, 1.165) is 23.6 Å². The Labute approximate surface area is 133 Å². The second-order valence-electron chi connectivity index (χ2n) is 4.39. The van der Waals surface area contributed by atoms with Gasteiger partial charge < -0.3 is 0 Å². The van der Waals surface area contributed by atoms with Gasteiger partial charge in [0.2, 0.25) is 8.87 Å². The molecule has 0 radical (unpaired) electrons. The maximum absolute atomic E-state index is 12.5. The van der Waals surface area contributed by atoms with Gasteiger partial charge in [-0.15, -0.1) is 0 Å². The van der Waals surface area contributed by atoms with Crippen LogP contribution in [-0.2, 0) is 8.87 Å². The lowest BCUT2D eigenvalue weighted by Crippen LogP contribution is -2.20. The van der Waals surface area contributed by atoms with Crippen LogP contribution < -0.4 is 0 Å². The summed E-state index contributed by atoms with van der Waals surface area (Å²) in [6.07, 6.45) is 1.46. The van der Waals surface area contributed by atoms with E-state index in [0.29, 0.717) is 5.02 Å². The lowest BCUT2D eigenvalue weighted by Gasteiger charge is -2.25. The molecule has 19 heavy (non-hydrogen) atoms. The van der Waals surface area contributed by atoms with Gasteiger partial charge in [-0.1, -0.05) is 48.7 Å². The van der Waals surface area contributed by atoms with E-state index in [-0.39, 0.29) is 19.7 Å². The second-order valence-corrected chi connectivity index (χ2v) is 9.93. The Bertz CT molecular complexity index is 543. The first-order valence-corrected chi connectivity index (χ1v) is 9.70. The molecule has 0 aliphatic rings. The van der Waals surface area contributed by atoms with Crippen LogP contribution in [0.5, 0.6) is 0 Å². The molecule has 0 aromatic heterocycles. The van der Waals surface area contributed by atoms with E-state index < -0.39 is 8.87 Å². The number of hydrogen-bond acceptors (Lipinski definition) is 3. The zero-order chi connectivity index (χ0) is 14.8. The van der Waals surface area contributed by atoms with Crippen LogP contribution >= 0.6 is 45.6 Å². The van der Waals surface area contributed by atoms with Crippen LogP contribution in [0.2, 0.25) is 15.1 Å². The fourth-order valence-electron chi connectivity index (χ4n) is 1.44. The normalized spacial score (nSPS) is 12.7. The third-order valence-corrected chi connectivity index (χ3v) is 8.56. The predicted molar refractivity (Wildman–Crippen MR) is 85.2 cm³/mol. The average Bonchev–Trinajstić information content (AvgIpc) is 2.26. The minimum absolute atomic E-state index is 0.0551. The zero-order valence-electron chi connectivity index (χ0n) is 10.8. The van der Waals surface area contributed by atoms with Crippen LogP contribution in [0.4, 0.5) is 0 Å². The third kappa shape index (κ3) is 4.18. The van der Waals surface area contributed by atoms with Crippen molar-refractivity contribution in [3.05, 3.63) is 27.2 Å². The Morgan fingerprint density at radius 3 is 1.89 bits per heavy atom. The molecule has 0 saturated carbocycles. The Morgan fingerprint density at radius 2 is 1.53 bits per heavy atom. The van der Waals surface area contributed by atoms with Crippen molar-refractivity contribution < 1.29 is 8.42 Å². The molecule has 0 bridgehead atoms. The Kier molecular flexibility index (Phi) is 5.91. The van der Waals surface area contributed by atoms with E-state index >= 15 is 0 Å². The van der Waals surface area contributed by atoms with E-state index in [9.17, 15) is 8.42 Å². The van der Waals surface area contributed by atoms with Gasteiger partial charge in [0.25, 0.3) is 0 Å². The van der Waals surface area contributed by atoms with Gasteiger partial charge in [-0.05, 0) is 42.7 Å². The van der Waals surface area contributed by atoms with E-state index in [1.807, 2.05) is 20.8 Å². The van der Waals surface area contributed by atoms with Gasteiger partial charge in [0.05, 0.1) is 10.0 Å². The number of benzene rings is 1. The molecule has 0 saturated heterocycles. The highest BCUT2D eigenvalue weighted by Crippen LogP contribution is 2.44. The van der Waals surface area contributed by atoms with Crippen molar-refractivity contribution >= 4 is 54.5 Å². The summed E-state index contributed by atoms with van der Waals surface area (Å²) in [5, 5.41) is 0.423. The minimum Gasteiger partial charge on any atom is -0.212 e. The molecule has 0 N–H and O–H groups in total. The van der Waals surface area contributed by atoms with Crippen LogP contribution in [0.3, 0.4) is 0 Å². The molecule has 0 aliphatic carbocycles. The summed E-state index contributed by atoms with van der Waals surface area (Å²) in [4.78, 5) is -0.0571. The van der Waals surface area contributed by atoms with Crippen LogP contribution in [0, 0.1) is 0 Å². The van der Waals surface area contributed by atoms with Crippen molar-refractivity contribution in [2.24, 2.45) is 0 Å². The average molecular weight is 362 g/mol. The Morgan fingerprint density at radius 1 is 1.11 bits per heavy atom. The summed E-state index contributed by atoms with van der Waals surface area (Å²) in [6, 6.07) is 2.77. The monoisotopic (exact) mass is 360 g/mol. The number of rotatable bonds is 5. The molecule has 0 fully saturated rings. The molecule has 0 unspecified atom stereocenters. The highest BCUT2D eigenvalue weighted by molar-refractivity contribution is 8.72. The standard InChI is InChI=1S/C12H15Cl3O2S2/c1-4-12(3,5-2)18-19(16,17)11-9(14)6-8(13)7-10(11)15/h6-7H,4-5H2,1-3H3. The predicted octanol–water partition coefficient (Wildman–Crippen LogP) is 5.65. The molecule has 1 aromatic carbocycles. The first-order chi connectivity index (χ1) is 8.65. The SMILES string of the molecule is CCC(C)(CC)SS(=O)(=O)c1c(Cl)cc(Cl)cc1Cl. The summed E-state index contributed by atoms with van der Waals surface area (Å²) < 4.78 is 24.6. The van der Waals surface area contributed by atoms with E-state index in [4.69, 9.17) is 34.8 Å². The molecule has 1 aromatic rings.